The smallest absolute Gasteiger partial charge is 0.152 e. The molecule has 0 radical (unpaired) electrons. The summed E-state index contributed by atoms with van der Waals surface area (Å²) >= 11 is 0. The summed E-state index contributed by atoms with van der Waals surface area (Å²) in [7, 11) is 0. The van der Waals surface area contributed by atoms with Crippen LogP contribution in [0.25, 0.3) is 0 Å². The number of ketones is 1. The van der Waals surface area contributed by atoms with Gasteiger partial charge in [-0.05, 0) is 62.3 Å². The van der Waals surface area contributed by atoms with Crippen molar-refractivity contribution in [3.8, 4) is 5.75 Å². The molecule has 110 valence electrons. The molecular formula is C16H24N2O2. The van der Waals surface area contributed by atoms with E-state index in [1.54, 1.807) is 12.1 Å². The van der Waals surface area contributed by atoms with Crippen molar-refractivity contribution in [1.29, 1.82) is 0 Å². The molecule has 0 saturated heterocycles. The van der Waals surface area contributed by atoms with Crippen LogP contribution in [0.2, 0.25) is 0 Å². The van der Waals surface area contributed by atoms with Crippen LogP contribution in [0.3, 0.4) is 0 Å². The van der Waals surface area contributed by atoms with Crippen molar-refractivity contribution in [3.63, 3.8) is 0 Å². The van der Waals surface area contributed by atoms with E-state index in [0.29, 0.717) is 12.3 Å². The predicted octanol–water partition coefficient (Wildman–Crippen LogP) is 1.60. The molecule has 4 heteroatoms. The van der Waals surface area contributed by atoms with Gasteiger partial charge in [0.05, 0.1) is 6.04 Å². The van der Waals surface area contributed by atoms with Gasteiger partial charge in [0.1, 0.15) is 5.75 Å². The molecule has 20 heavy (non-hydrogen) atoms. The maximum atomic E-state index is 12.4. The van der Waals surface area contributed by atoms with Crippen LogP contribution < -0.4 is 11.5 Å². The molecule has 1 saturated carbocycles. The van der Waals surface area contributed by atoms with Crippen molar-refractivity contribution in [2.45, 2.75) is 38.1 Å². The third-order valence-corrected chi connectivity index (χ3v) is 4.34. The lowest BCUT2D eigenvalue weighted by molar-refractivity contribution is -0.125. The summed E-state index contributed by atoms with van der Waals surface area (Å²) in [6.45, 7) is 0.723. The number of hydrogen-bond donors (Lipinski definition) is 3. The molecule has 1 atom stereocenters. The Hall–Kier alpha value is -1.39. The summed E-state index contributed by atoms with van der Waals surface area (Å²) in [5, 5.41) is 9.24. The minimum Gasteiger partial charge on any atom is -0.508 e. The largest absolute Gasteiger partial charge is 0.508 e. The van der Waals surface area contributed by atoms with Gasteiger partial charge in [0.25, 0.3) is 0 Å². The highest BCUT2D eigenvalue weighted by Gasteiger charge is 2.28. The van der Waals surface area contributed by atoms with Gasteiger partial charge in [-0.25, -0.2) is 0 Å². The van der Waals surface area contributed by atoms with Crippen LogP contribution in [0.15, 0.2) is 24.3 Å². The summed E-state index contributed by atoms with van der Waals surface area (Å²) in [4.78, 5) is 12.4. The number of aromatic hydroxyl groups is 1. The predicted molar refractivity (Wildman–Crippen MR) is 79.3 cm³/mol. The van der Waals surface area contributed by atoms with Crippen LogP contribution >= 0.6 is 0 Å². The first kappa shape index (κ1) is 15.0. The van der Waals surface area contributed by atoms with Crippen molar-refractivity contribution in [3.05, 3.63) is 29.8 Å². The standard InChI is InChI=1S/C16H24N2O2/c17-10-12-1-5-13(6-2-12)16(20)15(18)9-11-3-7-14(19)8-4-11/h3-4,7-8,12-13,15,19H,1-2,5-6,9-10,17-18H2/t12?,13?,15-/m0/s1. The molecule has 1 aliphatic rings. The zero-order chi connectivity index (χ0) is 14.5. The lowest BCUT2D eigenvalue weighted by atomic mass is 9.78. The topological polar surface area (TPSA) is 89.3 Å². The average Bonchev–Trinajstić information content (AvgIpc) is 2.49. The van der Waals surface area contributed by atoms with Gasteiger partial charge in [0.15, 0.2) is 5.78 Å². The van der Waals surface area contributed by atoms with E-state index < -0.39 is 6.04 Å². The average molecular weight is 276 g/mol. The first-order valence-corrected chi connectivity index (χ1v) is 7.37. The molecule has 1 fully saturated rings. The molecule has 1 aromatic rings. The second kappa shape index (κ2) is 6.86. The summed E-state index contributed by atoms with van der Waals surface area (Å²) in [5.74, 6) is 1.08. The lowest BCUT2D eigenvalue weighted by Gasteiger charge is -2.28. The summed E-state index contributed by atoms with van der Waals surface area (Å²) in [5.41, 5.74) is 12.7. The Bertz CT molecular complexity index is 436. The van der Waals surface area contributed by atoms with Crippen LogP contribution in [0.1, 0.15) is 31.2 Å². The van der Waals surface area contributed by atoms with E-state index >= 15 is 0 Å². The van der Waals surface area contributed by atoms with Gasteiger partial charge in [-0.2, -0.15) is 0 Å². The monoisotopic (exact) mass is 276 g/mol. The molecule has 0 aromatic heterocycles. The number of Topliss-reactive ketones (excluding diaryl/α,β-unsaturated/α-hetero) is 1. The second-order valence-electron chi connectivity index (χ2n) is 5.83. The normalized spacial score (nSPS) is 24.3. The fraction of sp³-hybridized carbons (Fsp3) is 0.562. The number of phenolic OH excluding ortho intramolecular Hbond substituents is 1. The molecule has 1 aliphatic carbocycles. The molecule has 4 nitrogen and oxygen atoms in total. The summed E-state index contributed by atoms with van der Waals surface area (Å²) < 4.78 is 0. The van der Waals surface area contributed by atoms with Crippen molar-refractivity contribution >= 4 is 5.78 Å². The number of carbonyl (C=O) groups excluding carboxylic acids is 1. The van der Waals surface area contributed by atoms with Crippen molar-refractivity contribution in [1.82, 2.24) is 0 Å². The first-order valence-electron chi connectivity index (χ1n) is 7.37. The Balaban J connectivity index is 1.87. The van der Waals surface area contributed by atoms with Crippen LogP contribution in [-0.2, 0) is 11.2 Å². The summed E-state index contributed by atoms with van der Waals surface area (Å²) in [6.07, 6.45) is 4.46. The SMILES string of the molecule is NCC1CCC(C(=O)[C@@H](N)Cc2ccc(O)cc2)CC1. The fourth-order valence-electron chi connectivity index (χ4n) is 2.97. The number of rotatable bonds is 5. The minimum absolute atomic E-state index is 0.102. The highest BCUT2D eigenvalue weighted by molar-refractivity contribution is 5.86. The Morgan fingerprint density at radius 2 is 1.80 bits per heavy atom. The second-order valence-corrected chi connectivity index (χ2v) is 5.83. The summed E-state index contributed by atoms with van der Waals surface area (Å²) in [6, 6.07) is 6.43. The molecule has 0 amide bonds. The van der Waals surface area contributed by atoms with E-state index in [-0.39, 0.29) is 17.5 Å². The zero-order valence-corrected chi connectivity index (χ0v) is 11.8. The molecule has 0 aliphatic heterocycles. The Kier molecular flexibility index (Phi) is 5.15. The van der Waals surface area contributed by atoms with Crippen molar-refractivity contribution in [2.24, 2.45) is 23.3 Å². The molecule has 2 rings (SSSR count). The first-order chi connectivity index (χ1) is 9.60. The lowest BCUT2D eigenvalue weighted by Crippen LogP contribution is -2.39. The van der Waals surface area contributed by atoms with E-state index in [0.717, 1.165) is 37.8 Å². The van der Waals surface area contributed by atoms with E-state index in [2.05, 4.69) is 0 Å². The third-order valence-electron chi connectivity index (χ3n) is 4.34. The molecule has 5 N–H and O–H groups in total. The van der Waals surface area contributed by atoms with Gasteiger partial charge in [-0.15, -0.1) is 0 Å². The quantitative estimate of drug-likeness (QED) is 0.762. The van der Waals surface area contributed by atoms with Gasteiger partial charge in [0, 0.05) is 5.92 Å². The Morgan fingerprint density at radius 1 is 1.20 bits per heavy atom. The molecule has 0 unspecified atom stereocenters. The maximum absolute atomic E-state index is 12.4. The number of nitrogens with two attached hydrogens (primary N) is 2. The number of phenols is 1. The molecular weight excluding hydrogens is 252 g/mol. The molecule has 0 bridgehead atoms. The molecule has 0 heterocycles. The highest BCUT2D eigenvalue weighted by atomic mass is 16.3. The third kappa shape index (κ3) is 3.81. The van der Waals surface area contributed by atoms with Gasteiger partial charge in [0.2, 0.25) is 0 Å². The van der Waals surface area contributed by atoms with Gasteiger partial charge >= 0.3 is 0 Å². The van der Waals surface area contributed by atoms with Crippen LogP contribution in [0, 0.1) is 11.8 Å². The number of hydrogen-bond acceptors (Lipinski definition) is 4. The molecule has 0 spiro atoms. The Morgan fingerprint density at radius 3 is 2.35 bits per heavy atom. The van der Waals surface area contributed by atoms with E-state index in [9.17, 15) is 9.90 Å². The van der Waals surface area contributed by atoms with E-state index in [1.165, 1.54) is 0 Å². The van der Waals surface area contributed by atoms with Crippen LogP contribution in [0.5, 0.6) is 5.75 Å². The zero-order valence-electron chi connectivity index (χ0n) is 11.8. The maximum Gasteiger partial charge on any atom is 0.152 e. The Labute approximate surface area is 120 Å². The van der Waals surface area contributed by atoms with Crippen molar-refractivity contribution < 1.29 is 9.90 Å². The van der Waals surface area contributed by atoms with Gasteiger partial charge in [-0.1, -0.05) is 12.1 Å². The van der Waals surface area contributed by atoms with Crippen LogP contribution in [0.4, 0.5) is 0 Å². The van der Waals surface area contributed by atoms with Gasteiger partial charge < -0.3 is 16.6 Å². The minimum atomic E-state index is -0.445. The number of carbonyl (C=O) groups is 1. The number of benzene rings is 1. The van der Waals surface area contributed by atoms with E-state index in [1.807, 2.05) is 12.1 Å². The fourth-order valence-corrected chi connectivity index (χ4v) is 2.97. The van der Waals surface area contributed by atoms with Crippen LogP contribution in [-0.4, -0.2) is 23.5 Å². The van der Waals surface area contributed by atoms with E-state index in [4.69, 9.17) is 11.5 Å². The van der Waals surface area contributed by atoms with Gasteiger partial charge in [-0.3, -0.25) is 4.79 Å². The molecule has 1 aromatic carbocycles. The van der Waals surface area contributed by atoms with Crippen molar-refractivity contribution in [2.75, 3.05) is 6.54 Å². The highest BCUT2D eigenvalue weighted by Crippen LogP contribution is 2.29.